The Bertz CT molecular complexity index is 438. The summed E-state index contributed by atoms with van der Waals surface area (Å²) in [5.41, 5.74) is 6.48. The van der Waals surface area contributed by atoms with Crippen molar-refractivity contribution in [1.82, 2.24) is 4.90 Å². The largest absolute Gasteiger partial charge is 0.384 e. The van der Waals surface area contributed by atoms with Gasteiger partial charge in [0, 0.05) is 36.1 Å². The lowest BCUT2D eigenvalue weighted by atomic mass is 9.98. The van der Waals surface area contributed by atoms with Gasteiger partial charge in [0.15, 0.2) is 0 Å². The molecule has 1 aliphatic rings. The van der Waals surface area contributed by atoms with E-state index in [2.05, 4.69) is 28.2 Å². The standard InChI is InChI=1S/C15H22N2OS/c1-18-11-13-4-7-17(8-5-13)10-15-9-14(12-19-15)3-2-6-16/h9,12-13H,4-8,10-11,16H2,1H3. The predicted molar refractivity (Wildman–Crippen MR) is 80.1 cm³/mol. The van der Waals surface area contributed by atoms with Crippen molar-refractivity contribution in [2.45, 2.75) is 19.4 Å². The Morgan fingerprint density at radius 2 is 2.26 bits per heavy atom. The second-order valence-corrected chi connectivity index (χ2v) is 5.98. The molecule has 19 heavy (non-hydrogen) atoms. The van der Waals surface area contributed by atoms with Crippen LogP contribution in [0.15, 0.2) is 11.4 Å². The number of hydrogen-bond donors (Lipinski definition) is 1. The van der Waals surface area contributed by atoms with Crippen molar-refractivity contribution in [3.05, 3.63) is 21.9 Å². The molecule has 0 saturated carbocycles. The number of hydrogen-bond acceptors (Lipinski definition) is 4. The van der Waals surface area contributed by atoms with Gasteiger partial charge in [0.25, 0.3) is 0 Å². The Morgan fingerprint density at radius 1 is 1.47 bits per heavy atom. The van der Waals surface area contributed by atoms with Crippen LogP contribution in [0.1, 0.15) is 23.3 Å². The van der Waals surface area contributed by atoms with Gasteiger partial charge in [0.1, 0.15) is 0 Å². The van der Waals surface area contributed by atoms with E-state index in [1.54, 1.807) is 18.4 Å². The molecule has 0 aliphatic carbocycles. The fourth-order valence-electron chi connectivity index (χ4n) is 2.45. The summed E-state index contributed by atoms with van der Waals surface area (Å²) >= 11 is 1.80. The Balaban J connectivity index is 1.80. The molecule has 0 radical (unpaired) electrons. The minimum atomic E-state index is 0.429. The molecule has 0 amide bonds. The zero-order chi connectivity index (χ0) is 13.5. The highest BCUT2D eigenvalue weighted by Crippen LogP contribution is 2.21. The molecular weight excluding hydrogens is 256 g/mol. The van der Waals surface area contributed by atoms with Crippen molar-refractivity contribution in [2.75, 3.05) is 33.4 Å². The van der Waals surface area contributed by atoms with Crippen LogP contribution in [0.2, 0.25) is 0 Å². The fraction of sp³-hybridized carbons (Fsp3) is 0.600. The van der Waals surface area contributed by atoms with Gasteiger partial charge in [-0.3, -0.25) is 4.90 Å². The molecule has 1 aliphatic heterocycles. The van der Waals surface area contributed by atoms with Crippen LogP contribution >= 0.6 is 11.3 Å². The number of rotatable bonds is 4. The van der Waals surface area contributed by atoms with E-state index in [1.807, 2.05) is 0 Å². The summed E-state index contributed by atoms with van der Waals surface area (Å²) in [6.45, 7) is 4.74. The third kappa shape index (κ3) is 4.63. The quantitative estimate of drug-likeness (QED) is 0.855. The second kappa shape index (κ2) is 7.66. The van der Waals surface area contributed by atoms with Crippen molar-refractivity contribution < 1.29 is 4.74 Å². The van der Waals surface area contributed by atoms with Crippen LogP contribution in [0.25, 0.3) is 0 Å². The highest BCUT2D eigenvalue weighted by molar-refractivity contribution is 7.10. The lowest BCUT2D eigenvalue weighted by molar-refractivity contribution is 0.0972. The summed E-state index contributed by atoms with van der Waals surface area (Å²) in [7, 11) is 1.79. The van der Waals surface area contributed by atoms with Gasteiger partial charge in [0.05, 0.1) is 6.54 Å². The van der Waals surface area contributed by atoms with Gasteiger partial charge in [-0.2, -0.15) is 0 Å². The first-order chi connectivity index (χ1) is 9.31. The van der Waals surface area contributed by atoms with Gasteiger partial charge in [-0.1, -0.05) is 11.8 Å². The Kier molecular flexibility index (Phi) is 5.87. The maximum atomic E-state index is 5.38. The van der Waals surface area contributed by atoms with E-state index < -0.39 is 0 Å². The number of piperidine rings is 1. The molecular formula is C15H22N2OS. The van der Waals surface area contributed by atoms with Crippen molar-refractivity contribution in [1.29, 1.82) is 0 Å². The Hall–Kier alpha value is -0.860. The van der Waals surface area contributed by atoms with Crippen LogP contribution < -0.4 is 5.73 Å². The lowest BCUT2D eigenvalue weighted by Crippen LogP contribution is -2.34. The molecule has 0 spiro atoms. The van der Waals surface area contributed by atoms with E-state index in [4.69, 9.17) is 10.5 Å². The average molecular weight is 278 g/mol. The van der Waals surface area contributed by atoms with Crippen molar-refractivity contribution in [2.24, 2.45) is 11.7 Å². The van der Waals surface area contributed by atoms with Crippen molar-refractivity contribution in [3.63, 3.8) is 0 Å². The fourth-order valence-corrected chi connectivity index (χ4v) is 3.31. The van der Waals surface area contributed by atoms with Gasteiger partial charge in [-0.15, -0.1) is 11.3 Å². The molecule has 0 bridgehead atoms. The smallest absolute Gasteiger partial charge is 0.0555 e. The summed E-state index contributed by atoms with van der Waals surface area (Å²) in [6.07, 6.45) is 2.50. The van der Waals surface area contributed by atoms with E-state index >= 15 is 0 Å². The molecule has 1 aromatic rings. The summed E-state index contributed by atoms with van der Waals surface area (Å²) in [5.74, 6) is 6.73. The molecule has 0 unspecified atom stereocenters. The summed E-state index contributed by atoms with van der Waals surface area (Å²) in [6, 6.07) is 2.19. The Morgan fingerprint density at radius 3 is 2.95 bits per heavy atom. The minimum absolute atomic E-state index is 0.429. The monoisotopic (exact) mass is 278 g/mol. The van der Waals surface area contributed by atoms with E-state index in [-0.39, 0.29) is 0 Å². The number of nitrogens with zero attached hydrogens (tertiary/aromatic N) is 1. The normalized spacial score (nSPS) is 17.2. The third-order valence-corrected chi connectivity index (χ3v) is 4.40. The average Bonchev–Trinajstić information content (AvgIpc) is 2.87. The molecule has 2 N–H and O–H groups in total. The summed E-state index contributed by atoms with van der Waals surface area (Å²) < 4.78 is 5.23. The van der Waals surface area contributed by atoms with E-state index in [0.717, 1.165) is 24.6 Å². The van der Waals surface area contributed by atoms with E-state index in [9.17, 15) is 0 Å². The number of methoxy groups -OCH3 is 1. The maximum Gasteiger partial charge on any atom is 0.0555 e. The van der Waals surface area contributed by atoms with Gasteiger partial charge >= 0.3 is 0 Å². The maximum absolute atomic E-state index is 5.38. The first-order valence-electron chi connectivity index (χ1n) is 6.79. The minimum Gasteiger partial charge on any atom is -0.384 e. The molecule has 0 atom stereocenters. The zero-order valence-electron chi connectivity index (χ0n) is 11.5. The van der Waals surface area contributed by atoms with Crippen LogP contribution in [0.5, 0.6) is 0 Å². The van der Waals surface area contributed by atoms with Crippen LogP contribution in [0.3, 0.4) is 0 Å². The van der Waals surface area contributed by atoms with Crippen LogP contribution in [0.4, 0.5) is 0 Å². The van der Waals surface area contributed by atoms with Gasteiger partial charge in [-0.25, -0.2) is 0 Å². The molecule has 104 valence electrons. The summed E-state index contributed by atoms with van der Waals surface area (Å²) in [4.78, 5) is 3.92. The molecule has 1 fully saturated rings. The molecule has 1 aromatic heterocycles. The van der Waals surface area contributed by atoms with Crippen LogP contribution in [-0.2, 0) is 11.3 Å². The number of ether oxygens (including phenoxy) is 1. The molecule has 1 saturated heterocycles. The van der Waals surface area contributed by atoms with Crippen molar-refractivity contribution >= 4 is 11.3 Å². The third-order valence-electron chi connectivity index (χ3n) is 3.48. The summed E-state index contributed by atoms with van der Waals surface area (Å²) in [5, 5.41) is 2.12. The highest BCUT2D eigenvalue weighted by atomic mass is 32.1. The number of likely N-dealkylation sites (tertiary alicyclic amines) is 1. The number of thiophene rings is 1. The second-order valence-electron chi connectivity index (χ2n) is 4.98. The molecule has 2 rings (SSSR count). The van der Waals surface area contributed by atoms with Gasteiger partial charge < -0.3 is 10.5 Å². The highest BCUT2D eigenvalue weighted by Gasteiger charge is 2.19. The topological polar surface area (TPSA) is 38.5 Å². The SMILES string of the molecule is COCC1CCN(Cc2cc(C#CCN)cs2)CC1. The lowest BCUT2D eigenvalue weighted by Gasteiger charge is -2.31. The van der Waals surface area contributed by atoms with Crippen LogP contribution in [-0.4, -0.2) is 38.3 Å². The Labute approximate surface area is 119 Å². The first kappa shape index (κ1) is 14.5. The number of nitrogens with two attached hydrogens (primary N) is 1. The van der Waals surface area contributed by atoms with Crippen molar-refractivity contribution in [3.8, 4) is 11.8 Å². The molecule has 2 heterocycles. The van der Waals surface area contributed by atoms with Gasteiger partial charge in [-0.05, 0) is 37.9 Å². The predicted octanol–water partition coefficient (Wildman–Crippen LogP) is 1.92. The van der Waals surface area contributed by atoms with E-state index in [1.165, 1.54) is 30.8 Å². The van der Waals surface area contributed by atoms with Gasteiger partial charge in [0.2, 0.25) is 0 Å². The molecule has 0 aromatic carbocycles. The zero-order valence-corrected chi connectivity index (χ0v) is 12.3. The molecule has 3 nitrogen and oxygen atoms in total. The first-order valence-corrected chi connectivity index (χ1v) is 7.67. The van der Waals surface area contributed by atoms with E-state index in [0.29, 0.717) is 6.54 Å². The molecule has 4 heteroatoms. The van der Waals surface area contributed by atoms with Crippen LogP contribution in [0, 0.1) is 17.8 Å².